The molecule has 2 bridgehead atoms. The van der Waals surface area contributed by atoms with Gasteiger partial charge in [-0.1, -0.05) is 77.7 Å². The number of hydrogen-bond acceptors (Lipinski definition) is 8. The minimum Gasteiger partial charge on any atom is -0.455 e. The van der Waals surface area contributed by atoms with Crippen molar-refractivity contribution in [1.82, 2.24) is 15.1 Å². The Morgan fingerprint density at radius 3 is 2.55 bits per heavy atom. The molecule has 4 fully saturated rings. The number of amides is 3. The lowest BCUT2D eigenvalue weighted by atomic mass is 9.70. The van der Waals surface area contributed by atoms with E-state index in [-0.39, 0.29) is 48.2 Å². The van der Waals surface area contributed by atoms with Gasteiger partial charge in [-0.2, -0.15) is 0 Å². The molecule has 11 nitrogen and oxygen atoms in total. The molecule has 1 aromatic carbocycles. The number of fused-ring (bicyclic) bond motifs is 1. The molecule has 1 spiro atoms. The van der Waals surface area contributed by atoms with Gasteiger partial charge in [-0.3, -0.25) is 19.2 Å². The number of aliphatic hydroxyl groups excluding tert-OH is 1. The third-order valence-corrected chi connectivity index (χ3v) is 11.8. The molecule has 51 heavy (non-hydrogen) atoms. The number of unbranched alkanes of at least 4 members (excludes halogenated alkanes) is 2. The lowest BCUT2D eigenvalue weighted by Crippen LogP contribution is -2.58. The number of halogens is 1. The van der Waals surface area contributed by atoms with E-state index in [0.717, 1.165) is 32.1 Å². The number of carbonyl (C=O) groups is 4. The Balaban J connectivity index is 1.49. The number of esters is 1. The van der Waals surface area contributed by atoms with Gasteiger partial charge in [0.1, 0.15) is 17.7 Å². The quantitative estimate of drug-likeness (QED) is 0.0901. The summed E-state index contributed by atoms with van der Waals surface area (Å²) in [4.78, 5) is 60.2. The van der Waals surface area contributed by atoms with E-state index < -0.39 is 47.7 Å². The van der Waals surface area contributed by atoms with Crippen LogP contribution in [0.4, 0.5) is 0 Å². The first kappa shape index (κ1) is 39.2. The smallest absolute Gasteiger partial charge is 0.313 e. The summed E-state index contributed by atoms with van der Waals surface area (Å²) in [5.74, 6) is -3.22. The van der Waals surface area contributed by atoms with Crippen LogP contribution in [0, 0.1) is 11.8 Å². The van der Waals surface area contributed by atoms with E-state index in [9.17, 15) is 24.3 Å². The average Bonchev–Trinajstić information content (AvgIpc) is 3.73. The lowest BCUT2D eigenvalue weighted by molar-refractivity contribution is -0.163. The van der Waals surface area contributed by atoms with Gasteiger partial charge in [-0.05, 0) is 50.5 Å². The summed E-state index contributed by atoms with van der Waals surface area (Å²) in [5, 5.41) is 12.4. The largest absolute Gasteiger partial charge is 0.455 e. The maximum Gasteiger partial charge on any atom is 0.313 e. The summed E-state index contributed by atoms with van der Waals surface area (Å²) in [6.45, 7) is 8.43. The number of nitrogens with zero attached hydrogens (tertiary/aromatic N) is 2. The first-order chi connectivity index (χ1) is 24.7. The molecular weight excluding hydrogens is 718 g/mol. The molecule has 3 aliphatic heterocycles. The average molecular weight is 773 g/mol. The third-order valence-electron chi connectivity index (χ3n) is 11.0. The number of carbonyl (C=O) groups excluding carboxylic acids is 4. The summed E-state index contributed by atoms with van der Waals surface area (Å²) in [6, 6.07) is 7.57. The summed E-state index contributed by atoms with van der Waals surface area (Å²) in [5.41, 5.74) is -0.565. The van der Waals surface area contributed by atoms with Crippen LogP contribution in [0.25, 0.3) is 0 Å². The number of rotatable bonds is 19. The van der Waals surface area contributed by atoms with Gasteiger partial charge in [0.25, 0.3) is 0 Å². The van der Waals surface area contributed by atoms with E-state index in [2.05, 4.69) is 34.4 Å². The molecule has 280 valence electrons. The van der Waals surface area contributed by atoms with E-state index >= 15 is 0 Å². The minimum atomic E-state index is -1.23. The molecule has 5 rings (SSSR count). The van der Waals surface area contributed by atoms with Gasteiger partial charge >= 0.3 is 5.97 Å². The van der Waals surface area contributed by atoms with E-state index in [4.69, 9.17) is 14.2 Å². The fourth-order valence-corrected chi connectivity index (χ4v) is 9.67. The van der Waals surface area contributed by atoms with Gasteiger partial charge < -0.3 is 34.4 Å². The van der Waals surface area contributed by atoms with Gasteiger partial charge in [0, 0.05) is 44.1 Å². The summed E-state index contributed by atoms with van der Waals surface area (Å²) >= 11 is 3.77. The number of benzene rings is 1. The van der Waals surface area contributed by atoms with Gasteiger partial charge in [-0.25, -0.2) is 0 Å². The zero-order chi connectivity index (χ0) is 36.5. The van der Waals surface area contributed by atoms with E-state index in [1.54, 1.807) is 17.1 Å². The van der Waals surface area contributed by atoms with Crippen LogP contribution in [0.5, 0.6) is 0 Å². The molecule has 1 unspecified atom stereocenters. The summed E-state index contributed by atoms with van der Waals surface area (Å²) in [6.07, 6.45) is 9.73. The number of likely N-dealkylation sites (tertiary alicyclic amines) is 1. The zero-order valence-electron chi connectivity index (χ0n) is 29.8. The first-order valence-electron chi connectivity index (χ1n) is 18.5. The van der Waals surface area contributed by atoms with Crippen LogP contribution < -0.4 is 5.32 Å². The number of methoxy groups -OCH3 is 1. The predicted molar refractivity (Wildman–Crippen MR) is 196 cm³/mol. The molecule has 12 heteroatoms. The standard InChI is InChI=1S/C39H54BrN3O8/c1-4-6-20-30(45)41-29(25-49-3)33(26-16-10-7-11-17-26)50-38(48)31-32-36(46)43(22-14-9-15-23-44)35(39(32)24-28(40)34(31)51-39)37(47)42(21-5-2)27-18-12-8-13-19-27/h4-5,7,10-11,16-17,27-29,31-35,44H,1-2,6,8-9,12-15,18-25H2,3H3,(H,41,45)/t28?,29-,31-,32+,33-,34-,35-,39+/m0/s1. The van der Waals surface area contributed by atoms with Crippen molar-refractivity contribution in [1.29, 1.82) is 0 Å². The number of allylic oxidation sites excluding steroid dienone is 1. The molecule has 4 aliphatic rings. The van der Waals surface area contributed by atoms with Crippen molar-refractivity contribution in [2.24, 2.45) is 11.8 Å². The highest BCUT2D eigenvalue weighted by Gasteiger charge is 2.77. The summed E-state index contributed by atoms with van der Waals surface area (Å²) < 4.78 is 18.6. The van der Waals surface area contributed by atoms with Crippen molar-refractivity contribution in [2.45, 2.75) is 111 Å². The van der Waals surface area contributed by atoms with Crippen LogP contribution in [0.1, 0.15) is 82.3 Å². The second-order valence-electron chi connectivity index (χ2n) is 14.3. The molecular formula is C39H54BrN3O8. The molecule has 0 radical (unpaired) electrons. The first-order valence-corrected chi connectivity index (χ1v) is 19.4. The van der Waals surface area contributed by atoms with E-state index in [0.29, 0.717) is 50.8 Å². The van der Waals surface area contributed by atoms with E-state index in [1.165, 1.54) is 7.11 Å². The Morgan fingerprint density at radius 1 is 1.14 bits per heavy atom. The van der Waals surface area contributed by atoms with Crippen molar-refractivity contribution in [3.63, 3.8) is 0 Å². The molecule has 1 saturated carbocycles. The molecule has 3 amide bonds. The fraction of sp³-hybridized carbons (Fsp3) is 0.641. The second kappa shape index (κ2) is 18.1. The maximum absolute atomic E-state index is 14.9. The van der Waals surface area contributed by atoms with Crippen molar-refractivity contribution in [3.05, 3.63) is 61.2 Å². The Morgan fingerprint density at radius 2 is 1.88 bits per heavy atom. The van der Waals surface area contributed by atoms with Crippen LogP contribution in [0.15, 0.2) is 55.6 Å². The third kappa shape index (κ3) is 8.29. The normalized spacial score (nSPS) is 28.2. The molecule has 1 aliphatic carbocycles. The second-order valence-corrected chi connectivity index (χ2v) is 15.5. The minimum absolute atomic E-state index is 0.0382. The van der Waals surface area contributed by atoms with Crippen molar-refractivity contribution in [2.75, 3.05) is 33.4 Å². The van der Waals surface area contributed by atoms with Crippen molar-refractivity contribution in [3.8, 4) is 0 Å². The number of aliphatic hydroxyl groups is 1. The van der Waals surface area contributed by atoms with Crippen molar-refractivity contribution < 1.29 is 38.5 Å². The molecule has 1 aromatic rings. The van der Waals surface area contributed by atoms with Crippen LogP contribution in [-0.2, 0) is 33.4 Å². The Kier molecular flexibility index (Phi) is 13.9. The molecule has 0 aromatic heterocycles. The fourth-order valence-electron chi connectivity index (χ4n) is 8.72. The molecule has 3 saturated heterocycles. The topological polar surface area (TPSA) is 135 Å². The van der Waals surface area contributed by atoms with E-state index in [1.807, 2.05) is 35.2 Å². The Hall–Kier alpha value is -3.06. The van der Waals surface area contributed by atoms with Crippen LogP contribution in [0.3, 0.4) is 0 Å². The molecule has 8 atom stereocenters. The predicted octanol–water partition coefficient (Wildman–Crippen LogP) is 4.63. The number of nitrogens with one attached hydrogen (secondary N) is 1. The Labute approximate surface area is 310 Å². The highest BCUT2D eigenvalue weighted by molar-refractivity contribution is 9.09. The summed E-state index contributed by atoms with van der Waals surface area (Å²) in [7, 11) is 1.52. The zero-order valence-corrected chi connectivity index (χ0v) is 31.3. The van der Waals surface area contributed by atoms with Crippen molar-refractivity contribution >= 4 is 39.6 Å². The maximum atomic E-state index is 14.9. The number of hydrogen-bond donors (Lipinski definition) is 2. The number of alkyl halides is 1. The van der Waals surface area contributed by atoms with Crippen LogP contribution in [0.2, 0.25) is 0 Å². The van der Waals surface area contributed by atoms with Crippen LogP contribution in [-0.4, -0.2) is 107 Å². The SMILES string of the molecule is C=CCCC(=O)N[C@@H](COC)[C@@H](OC(=O)[C@@H]1[C@H]2O[C@@]3(CC2Br)[C@H](C(=O)N(CC=C)C2CCCCC2)N(CCCCCO)C(=O)[C@@H]13)c1ccccc1. The number of ether oxygens (including phenoxy) is 3. The van der Waals surface area contributed by atoms with Crippen LogP contribution >= 0.6 is 15.9 Å². The lowest BCUT2D eigenvalue weighted by Gasteiger charge is -2.41. The van der Waals surface area contributed by atoms with Gasteiger partial charge in [-0.15, -0.1) is 13.2 Å². The van der Waals surface area contributed by atoms with Gasteiger partial charge in [0.05, 0.1) is 30.6 Å². The molecule has 2 N–H and O–H groups in total. The highest BCUT2D eigenvalue weighted by atomic mass is 79.9. The Bertz CT molecular complexity index is 1390. The highest BCUT2D eigenvalue weighted by Crippen LogP contribution is 2.60. The van der Waals surface area contributed by atoms with Gasteiger partial charge in [0.15, 0.2) is 0 Å². The molecule has 3 heterocycles. The monoisotopic (exact) mass is 771 g/mol. The van der Waals surface area contributed by atoms with Gasteiger partial charge in [0.2, 0.25) is 17.7 Å².